The summed E-state index contributed by atoms with van der Waals surface area (Å²) in [5, 5.41) is 5.36. The first kappa shape index (κ1) is 13.0. The van der Waals surface area contributed by atoms with Crippen molar-refractivity contribution in [2.45, 2.75) is 13.8 Å². The van der Waals surface area contributed by atoms with Crippen LogP contribution < -0.4 is 10.6 Å². The summed E-state index contributed by atoms with van der Waals surface area (Å²) in [6, 6.07) is 5.18. The monoisotopic (exact) mass is 232 g/mol. The van der Waals surface area contributed by atoms with Gasteiger partial charge in [0.1, 0.15) is 0 Å². The van der Waals surface area contributed by atoms with Gasteiger partial charge in [0, 0.05) is 17.8 Å². The van der Waals surface area contributed by atoms with Crippen molar-refractivity contribution in [2.75, 3.05) is 11.9 Å². The summed E-state index contributed by atoms with van der Waals surface area (Å²) in [5.74, 6) is -0.442. The van der Waals surface area contributed by atoms with E-state index in [1.165, 1.54) is 6.08 Å². The van der Waals surface area contributed by atoms with Gasteiger partial charge in [0.05, 0.1) is 0 Å². The minimum absolute atomic E-state index is 0.151. The van der Waals surface area contributed by atoms with Crippen molar-refractivity contribution in [2.24, 2.45) is 0 Å². The van der Waals surface area contributed by atoms with Crippen LogP contribution in [0.3, 0.4) is 0 Å². The standard InChI is InChI=1S/C13H16N2O2/c1-4-12(16)15-11-8-10(7-6-9(11)3)13(17)14-5-2/h4,6-8H,1,5H2,2-3H3,(H,14,17)(H,15,16). The quantitative estimate of drug-likeness (QED) is 0.778. The van der Waals surface area contributed by atoms with Gasteiger partial charge in [-0.05, 0) is 37.6 Å². The maximum absolute atomic E-state index is 11.6. The number of nitrogens with one attached hydrogen (secondary N) is 2. The smallest absolute Gasteiger partial charge is 0.251 e. The average molecular weight is 232 g/mol. The number of anilines is 1. The second-order valence-corrected chi connectivity index (χ2v) is 3.58. The van der Waals surface area contributed by atoms with Crippen molar-refractivity contribution in [3.63, 3.8) is 0 Å². The van der Waals surface area contributed by atoms with Crippen LogP contribution in [-0.4, -0.2) is 18.4 Å². The molecule has 0 saturated heterocycles. The van der Waals surface area contributed by atoms with Crippen LogP contribution in [0.2, 0.25) is 0 Å². The van der Waals surface area contributed by atoms with Crippen molar-refractivity contribution in [3.8, 4) is 0 Å². The van der Waals surface area contributed by atoms with Crippen LogP contribution in [0.25, 0.3) is 0 Å². The highest BCUT2D eigenvalue weighted by atomic mass is 16.2. The number of aryl methyl sites for hydroxylation is 1. The lowest BCUT2D eigenvalue weighted by Gasteiger charge is -2.09. The molecule has 0 atom stereocenters. The van der Waals surface area contributed by atoms with E-state index < -0.39 is 0 Å². The van der Waals surface area contributed by atoms with E-state index in [0.29, 0.717) is 17.8 Å². The largest absolute Gasteiger partial charge is 0.352 e. The highest BCUT2D eigenvalue weighted by Crippen LogP contribution is 2.16. The van der Waals surface area contributed by atoms with E-state index in [2.05, 4.69) is 17.2 Å². The van der Waals surface area contributed by atoms with E-state index in [-0.39, 0.29) is 11.8 Å². The summed E-state index contributed by atoms with van der Waals surface area (Å²) in [6.45, 7) is 7.67. The molecule has 17 heavy (non-hydrogen) atoms. The molecule has 1 rings (SSSR count). The number of amides is 2. The summed E-state index contributed by atoms with van der Waals surface area (Å²) >= 11 is 0. The first-order valence-electron chi connectivity index (χ1n) is 5.40. The predicted molar refractivity (Wildman–Crippen MR) is 68.0 cm³/mol. The zero-order valence-corrected chi connectivity index (χ0v) is 10.0. The van der Waals surface area contributed by atoms with E-state index in [1.807, 2.05) is 13.8 Å². The maximum atomic E-state index is 11.6. The molecule has 0 saturated carbocycles. The molecule has 0 spiro atoms. The Bertz CT molecular complexity index is 453. The fourth-order valence-corrected chi connectivity index (χ4v) is 1.34. The van der Waals surface area contributed by atoms with Crippen LogP contribution in [0, 0.1) is 6.92 Å². The topological polar surface area (TPSA) is 58.2 Å². The Kier molecular flexibility index (Phi) is 4.46. The third-order valence-electron chi connectivity index (χ3n) is 2.28. The third kappa shape index (κ3) is 3.45. The van der Waals surface area contributed by atoms with E-state index in [4.69, 9.17) is 0 Å². The number of carbonyl (C=O) groups is 2. The third-order valence-corrected chi connectivity index (χ3v) is 2.28. The Morgan fingerprint density at radius 2 is 2.12 bits per heavy atom. The highest BCUT2D eigenvalue weighted by Gasteiger charge is 2.08. The molecule has 4 heteroatoms. The Morgan fingerprint density at radius 3 is 2.71 bits per heavy atom. The van der Waals surface area contributed by atoms with Gasteiger partial charge in [-0.15, -0.1) is 0 Å². The average Bonchev–Trinajstić information content (AvgIpc) is 2.32. The van der Waals surface area contributed by atoms with E-state index in [9.17, 15) is 9.59 Å². The Hall–Kier alpha value is -2.10. The summed E-state index contributed by atoms with van der Waals surface area (Å²) in [7, 11) is 0. The molecule has 2 amide bonds. The van der Waals surface area contributed by atoms with Crippen molar-refractivity contribution in [3.05, 3.63) is 42.0 Å². The molecular formula is C13H16N2O2. The minimum atomic E-state index is -0.291. The second-order valence-electron chi connectivity index (χ2n) is 3.58. The van der Waals surface area contributed by atoms with Crippen molar-refractivity contribution < 1.29 is 9.59 Å². The fraction of sp³-hybridized carbons (Fsp3) is 0.231. The molecule has 0 aliphatic heterocycles. The lowest BCUT2D eigenvalue weighted by atomic mass is 10.1. The molecule has 0 bridgehead atoms. The number of carbonyl (C=O) groups excluding carboxylic acids is 2. The Balaban J connectivity index is 2.97. The van der Waals surface area contributed by atoms with Crippen LogP contribution in [0.1, 0.15) is 22.8 Å². The summed E-state index contributed by atoms with van der Waals surface area (Å²) < 4.78 is 0. The number of benzene rings is 1. The number of hydrogen-bond acceptors (Lipinski definition) is 2. The van der Waals surface area contributed by atoms with Crippen LogP contribution in [0.5, 0.6) is 0 Å². The first-order valence-corrected chi connectivity index (χ1v) is 5.40. The number of rotatable bonds is 4. The van der Waals surface area contributed by atoms with E-state index in [0.717, 1.165) is 5.56 Å². The van der Waals surface area contributed by atoms with E-state index >= 15 is 0 Å². The van der Waals surface area contributed by atoms with Gasteiger partial charge in [0.2, 0.25) is 5.91 Å². The van der Waals surface area contributed by atoms with Gasteiger partial charge in [0.15, 0.2) is 0 Å². The SMILES string of the molecule is C=CC(=O)Nc1cc(C(=O)NCC)ccc1C. The molecule has 0 unspecified atom stereocenters. The van der Waals surface area contributed by atoms with Crippen LogP contribution in [0.4, 0.5) is 5.69 Å². The maximum Gasteiger partial charge on any atom is 0.251 e. The Labute approximate surface area is 101 Å². The zero-order valence-electron chi connectivity index (χ0n) is 10.0. The lowest BCUT2D eigenvalue weighted by Crippen LogP contribution is -2.23. The molecule has 1 aromatic carbocycles. The van der Waals surface area contributed by atoms with Gasteiger partial charge in [-0.3, -0.25) is 9.59 Å². The first-order chi connectivity index (χ1) is 8.08. The van der Waals surface area contributed by atoms with Crippen LogP contribution in [0.15, 0.2) is 30.9 Å². The molecular weight excluding hydrogens is 216 g/mol. The number of hydrogen-bond donors (Lipinski definition) is 2. The van der Waals surface area contributed by atoms with Gasteiger partial charge in [-0.1, -0.05) is 12.6 Å². The van der Waals surface area contributed by atoms with Gasteiger partial charge in [0.25, 0.3) is 5.91 Å². The molecule has 2 N–H and O–H groups in total. The second kappa shape index (κ2) is 5.84. The molecule has 1 aromatic rings. The van der Waals surface area contributed by atoms with Crippen LogP contribution in [-0.2, 0) is 4.79 Å². The minimum Gasteiger partial charge on any atom is -0.352 e. The predicted octanol–water partition coefficient (Wildman–Crippen LogP) is 1.87. The molecule has 0 aromatic heterocycles. The summed E-state index contributed by atoms with van der Waals surface area (Å²) in [4.78, 5) is 22.8. The summed E-state index contributed by atoms with van der Waals surface area (Å²) in [5.41, 5.74) is 2.05. The molecule has 0 aliphatic carbocycles. The summed E-state index contributed by atoms with van der Waals surface area (Å²) in [6.07, 6.45) is 1.19. The molecule has 4 nitrogen and oxygen atoms in total. The van der Waals surface area contributed by atoms with Gasteiger partial charge in [-0.2, -0.15) is 0 Å². The lowest BCUT2D eigenvalue weighted by molar-refractivity contribution is -0.111. The highest BCUT2D eigenvalue weighted by molar-refractivity contribution is 6.01. The molecule has 0 fully saturated rings. The van der Waals surface area contributed by atoms with Gasteiger partial charge in [-0.25, -0.2) is 0 Å². The molecule has 0 aliphatic rings. The Morgan fingerprint density at radius 1 is 1.41 bits per heavy atom. The molecule has 90 valence electrons. The van der Waals surface area contributed by atoms with Gasteiger partial charge >= 0.3 is 0 Å². The zero-order chi connectivity index (χ0) is 12.8. The van der Waals surface area contributed by atoms with Crippen molar-refractivity contribution >= 4 is 17.5 Å². The van der Waals surface area contributed by atoms with Crippen molar-refractivity contribution in [1.29, 1.82) is 0 Å². The molecule has 0 radical (unpaired) electrons. The van der Waals surface area contributed by atoms with Gasteiger partial charge < -0.3 is 10.6 Å². The normalized spacial score (nSPS) is 9.53. The fourth-order valence-electron chi connectivity index (χ4n) is 1.34. The van der Waals surface area contributed by atoms with E-state index in [1.54, 1.807) is 18.2 Å². The van der Waals surface area contributed by atoms with Crippen molar-refractivity contribution in [1.82, 2.24) is 5.32 Å². The molecule has 0 heterocycles. The van der Waals surface area contributed by atoms with Crippen LogP contribution >= 0.6 is 0 Å².